The summed E-state index contributed by atoms with van der Waals surface area (Å²) in [5, 5.41) is 0. The highest BCUT2D eigenvalue weighted by Gasteiger charge is 2.26. The van der Waals surface area contributed by atoms with Gasteiger partial charge < -0.3 is 9.80 Å². The first-order chi connectivity index (χ1) is 12.9. The van der Waals surface area contributed by atoms with Crippen LogP contribution in [0.4, 0.5) is 0 Å². The van der Waals surface area contributed by atoms with E-state index in [-0.39, 0.29) is 5.41 Å². The van der Waals surface area contributed by atoms with Crippen molar-refractivity contribution >= 4 is 11.6 Å². The second-order valence-electron chi connectivity index (χ2n) is 8.90. The molecule has 1 fully saturated rings. The minimum Gasteiger partial charge on any atom is -0.300 e. The van der Waals surface area contributed by atoms with E-state index in [2.05, 4.69) is 37.5 Å². The molecule has 1 aliphatic rings. The number of ketones is 2. The fourth-order valence-corrected chi connectivity index (χ4v) is 3.54. The quantitative estimate of drug-likeness (QED) is 0.386. The fraction of sp³-hybridized carbons (Fsp3) is 0.913. The lowest BCUT2D eigenvalue weighted by Crippen LogP contribution is -2.47. The molecule has 0 aromatic rings. The molecule has 158 valence electrons. The summed E-state index contributed by atoms with van der Waals surface area (Å²) in [6, 6.07) is 0. The molecule has 1 rings (SSSR count). The zero-order valence-corrected chi connectivity index (χ0v) is 18.5. The van der Waals surface area contributed by atoms with E-state index < -0.39 is 0 Å². The van der Waals surface area contributed by atoms with Gasteiger partial charge in [-0.3, -0.25) is 9.59 Å². The molecule has 0 unspecified atom stereocenters. The summed E-state index contributed by atoms with van der Waals surface area (Å²) in [6.45, 7) is 14.3. The molecule has 0 aromatic carbocycles. The predicted octanol–water partition coefficient (Wildman–Crippen LogP) is 4.71. The molecule has 0 aromatic heterocycles. The predicted molar refractivity (Wildman–Crippen MR) is 114 cm³/mol. The maximum atomic E-state index is 12.3. The van der Waals surface area contributed by atoms with Crippen molar-refractivity contribution in [3.8, 4) is 0 Å². The molecule has 4 heteroatoms. The van der Waals surface area contributed by atoms with Gasteiger partial charge in [-0.05, 0) is 12.8 Å². The molecule has 27 heavy (non-hydrogen) atoms. The van der Waals surface area contributed by atoms with Crippen molar-refractivity contribution in [3.63, 3.8) is 0 Å². The smallest absolute Gasteiger partial charge is 0.139 e. The van der Waals surface area contributed by atoms with Crippen LogP contribution >= 0.6 is 0 Å². The van der Waals surface area contributed by atoms with E-state index >= 15 is 0 Å². The number of rotatable bonds is 15. The number of carbonyl (C=O) groups excluding carboxylic acids is 2. The van der Waals surface area contributed by atoms with E-state index in [1.165, 1.54) is 32.1 Å². The molecule has 1 saturated heterocycles. The molecular weight excluding hydrogens is 336 g/mol. The van der Waals surface area contributed by atoms with Crippen molar-refractivity contribution < 1.29 is 9.59 Å². The molecule has 1 heterocycles. The molecule has 0 atom stereocenters. The average molecular weight is 381 g/mol. The van der Waals surface area contributed by atoms with Crippen LogP contribution in [0.15, 0.2) is 0 Å². The molecule has 4 nitrogen and oxygen atoms in total. The first-order valence-corrected chi connectivity index (χ1v) is 11.4. The second-order valence-corrected chi connectivity index (χ2v) is 8.90. The third kappa shape index (κ3) is 10.4. The first kappa shape index (κ1) is 24.3. The minimum absolute atomic E-state index is 0.182. The summed E-state index contributed by atoms with van der Waals surface area (Å²) in [7, 11) is 0. The van der Waals surface area contributed by atoms with Crippen LogP contribution in [0.1, 0.15) is 91.9 Å². The summed E-state index contributed by atoms with van der Waals surface area (Å²) in [6.07, 6.45) is 10.5. The maximum absolute atomic E-state index is 12.3. The molecule has 0 bridgehead atoms. The molecule has 0 amide bonds. The van der Waals surface area contributed by atoms with Gasteiger partial charge >= 0.3 is 0 Å². The van der Waals surface area contributed by atoms with Gasteiger partial charge in [0.1, 0.15) is 11.6 Å². The van der Waals surface area contributed by atoms with Gasteiger partial charge in [-0.2, -0.15) is 0 Å². The van der Waals surface area contributed by atoms with Gasteiger partial charge in [0, 0.05) is 63.9 Å². The molecule has 0 spiro atoms. The van der Waals surface area contributed by atoms with Crippen LogP contribution in [0, 0.1) is 5.41 Å². The van der Waals surface area contributed by atoms with Crippen molar-refractivity contribution in [1.82, 2.24) is 9.80 Å². The highest BCUT2D eigenvalue weighted by Crippen LogP contribution is 2.22. The summed E-state index contributed by atoms with van der Waals surface area (Å²) in [5.74, 6) is 0.813. The largest absolute Gasteiger partial charge is 0.300 e. The van der Waals surface area contributed by atoms with Gasteiger partial charge in [0.05, 0.1) is 0 Å². The molecule has 0 aliphatic carbocycles. The van der Waals surface area contributed by atoms with Crippen molar-refractivity contribution in [2.45, 2.75) is 91.9 Å². The van der Waals surface area contributed by atoms with E-state index in [4.69, 9.17) is 0 Å². The van der Waals surface area contributed by atoms with Gasteiger partial charge in [-0.1, -0.05) is 59.8 Å². The number of nitrogens with zero attached hydrogens (tertiary/aromatic N) is 2. The number of Topliss-reactive ketones (excluding diaryl/α,β-unsaturated/α-hetero) is 2. The number of hydrogen-bond donors (Lipinski definition) is 0. The van der Waals surface area contributed by atoms with Crippen LogP contribution in [0.3, 0.4) is 0 Å². The first-order valence-electron chi connectivity index (χ1n) is 11.4. The zero-order valence-electron chi connectivity index (χ0n) is 18.5. The number of carbonyl (C=O) groups is 2. The van der Waals surface area contributed by atoms with Crippen molar-refractivity contribution in [1.29, 1.82) is 0 Å². The number of piperazine rings is 1. The van der Waals surface area contributed by atoms with E-state index in [0.717, 1.165) is 58.5 Å². The Hall–Kier alpha value is -0.740. The van der Waals surface area contributed by atoms with Crippen LogP contribution in [0.25, 0.3) is 0 Å². The third-order valence-corrected chi connectivity index (χ3v) is 6.27. The molecule has 0 saturated carbocycles. The van der Waals surface area contributed by atoms with E-state index in [0.29, 0.717) is 24.4 Å². The van der Waals surface area contributed by atoms with Gasteiger partial charge in [0.15, 0.2) is 0 Å². The van der Waals surface area contributed by atoms with Crippen LogP contribution in [0.5, 0.6) is 0 Å². The Morgan fingerprint density at radius 3 is 1.81 bits per heavy atom. The minimum atomic E-state index is -0.182. The Balaban J connectivity index is 2.08. The average Bonchev–Trinajstić information content (AvgIpc) is 2.67. The van der Waals surface area contributed by atoms with E-state index in [1.54, 1.807) is 0 Å². The summed E-state index contributed by atoms with van der Waals surface area (Å²) in [5.41, 5.74) is -0.182. The summed E-state index contributed by atoms with van der Waals surface area (Å²) < 4.78 is 0. The Morgan fingerprint density at radius 1 is 0.741 bits per heavy atom. The highest BCUT2D eigenvalue weighted by molar-refractivity contribution is 5.84. The number of unbranched alkanes of at least 4 members (excludes halogenated alkanes) is 5. The lowest BCUT2D eigenvalue weighted by Gasteiger charge is -2.35. The Labute approximate surface area is 168 Å². The standard InChI is InChI=1S/C23H44N2O2/c1-5-7-8-9-10-11-12-21(26)13-15-24-17-19-25(20-18-24)16-14-22(27)23(3,4)6-2/h5-20H2,1-4H3. The van der Waals surface area contributed by atoms with Gasteiger partial charge in [0.2, 0.25) is 0 Å². The van der Waals surface area contributed by atoms with Gasteiger partial charge in [-0.25, -0.2) is 0 Å². The lowest BCUT2D eigenvalue weighted by molar-refractivity contribution is -0.127. The summed E-state index contributed by atoms with van der Waals surface area (Å²) >= 11 is 0. The second kappa shape index (κ2) is 13.4. The molecule has 0 N–H and O–H groups in total. The van der Waals surface area contributed by atoms with Gasteiger partial charge in [0.25, 0.3) is 0 Å². The maximum Gasteiger partial charge on any atom is 0.139 e. The monoisotopic (exact) mass is 380 g/mol. The van der Waals surface area contributed by atoms with Crippen LogP contribution in [-0.2, 0) is 9.59 Å². The van der Waals surface area contributed by atoms with Crippen LogP contribution in [-0.4, -0.2) is 60.6 Å². The lowest BCUT2D eigenvalue weighted by atomic mass is 9.84. The number of hydrogen-bond acceptors (Lipinski definition) is 4. The van der Waals surface area contributed by atoms with Crippen molar-refractivity contribution in [3.05, 3.63) is 0 Å². The normalized spacial score (nSPS) is 16.6. The molecular formula is C23H44N2O2. The molecule has 0 radical (unpaired) electrons. The Morgan fingerprint density at radius 2 is 1.26 bits per heavy atom. The van der Waals surface area contributed by atoms with E-state index in [1.807, 2.05) is 0 Å². The topological polar surface area (TPSA) is 40.6 Å². The Kier molecular flexibility index (Phi) is 12.1. The van der Waals surface area contributed by atoms with Crippen LogP contribution in [0.2, 0.25) is 0 Å². The SMILES string of the molecule is CCCCCCCCC(=O)CCN1CCN(CCC(=O)C(C)(C)CC)CC1. The van der Waals surface area contributed by atoms with E-state index in [9.17, 15) is 9.59 Å². The Bertz CT molecular complexity index is 426. The zero-order chi connectivity index (χ0) is 20.1. The van der Waals surface area contributed by atoms with Gasteiger partial charge in [-0.15, -0.1) is 0 Å². The third-order valence-electron chi connectivity index (χ3n) is 6.27. The highest BCUT2D eigenvalue weighted by atomic mass is 16.1. The summed E-state index contributed by atoms with van der Waals surface area (Å²) in [4.78, 5) is 29.1. The van der Waals surface area contributed by atoms with Crippen molar-refractivity contribution in [2.24, 2.45) is 5.41 Å². The molecule has 1 aliphatic heterocycles. The van der Waals surface area contributed by atoms with Crippen LogP contribution < -0.4 is 0 Å². The fourth-order valence-electron chi connectivity index (χ4n) is 3.54. The van der Waals surface area contributed by atoms with Crippen molar-refractivity contribution in [2.75, 3.05) is 39.3 Å².